The van der Waals surface area contributed by atoms with Crippen LogP contribution in [0.3, 0.4) is 0 Å². The average molecular weight is 273 g/mol. The molecule has 2 N–H and O–H groups in total. The molecule has 0 radical (unpaired) electrons. The van der Waals surface area contributed by atoms with E-state index in [1.807, 2.05) is 0 Å². The predicted octanol–water partition coefficient (Wildman–Crippen LogP) is 2.76. The SMILES string of the molecule is O=Nc1cc(-c2nc3ccc(O)cc3c(=O)[nH]2)cs1. The minimum atomic E-state index is -0.345. The van der Waals surface area contributed by atoms with Crippen molar-refractivity contribution in [2.24, 2.45) is 5.18 Å². The number of H-pyrrole nitrogens is 1. The second-order valence-electron chi connectivity index (χ2n) is 3.88. The summed E-state index contributed by atoms with van der Waals surface area (Å²) < 4.78 is 0. The standard InChI is InChI=1S/C12H7N3O3S/c16-7-1-2-9-8(4-7)12(17)14-11(13-9)6-3-10(15-18)19-5-6/h1-5,16H,(H,13,14,17). The maximum atomic E-state index is 11.9. The Bertz CT molecular complexity index is 838. The van der Waals surface area contributed by atoms with Crippen molar-refractivity contribution in [2.75, 3.05) is 0 Å². The van der Waals surface area contributed by atoms with E-state index < -0.39 is 0 Å². The molecule has 0 unspecified atom stereocenters. The van der Waals surface area contributed by atoms with Crippen LogP contribution in [0.25, 0.3) is 22.3 Å². The maximum Gasteiger partial charge on any atom is 0.259 e. The zero-order valence-electron chi connectivity index (χ0n) is 9.45. The Labute approximate surface area is 110 Å². The first-order valence-electron chi connectivity index (χ1n) is 5.33. The first-order chi connectivity index (χ1) is 9.17. The largest absolute Gasteiger partial charge is 0.508 e. The lowest BCUT2D eigenvalue weighted by Crippen LogP contribution is -2.09. The lowest BCUT2D eigenvalue weighted by atomic mass is 10.2. The number of fused-ring (bicyclic) bond motifs is 1. The third kappa shape index (κ3) is 2.00. The van der Waals surface area contributed by atoms with Gasteiger partial charge in [-0.1, -0.05) is 0 Å². The summed E-state index contributed by atoms with van der Waals surface area (Å²) in [4.78, 5) is 29.2. The highest BCUT2D eigenvalue weighted by atomic mass is 32.1. The molecule has 0 aliphatic heterocycles. The highest BCUT2D eigenvalue weighted by Gasteiger charge is 2.09. The number of nitroso groups, excluding NO2 is 1. The first-order valence-corrected chi connectivity index (χ1v) is 6.20. The average Bonchev–Trinajstić information content (AvgIpc) is 2.88. The molecule has 3 rings (SSSR count). The molecule has 0 atom stereocenters. The normalized spacial score (nSPS) is 10.7. The lowest BCUT2D eigenvalue weighted by molar-refractivity contribution is 0.476. The predicted molar refractivity (Wildman–Crippen MR) is 72.8 cm³/mol. The highest BCUT2D eigenvalue weighted by Crippen LogP contribution is 2.29. The molecule has 94 valence electrons. The number of aromatic nitrogens is 2. The van der Waals surface area contributed by atoms with Crippen molar-refractivity contribution in [2.45, 2.75) is 0 Å². The van der Waals surface area contributed by atoms with Gasteiger partial charge in [0.1, 0.15) is 11.6 Å². The van der Waals surface area contributed by atoms with Crippen LogP contribution in [0.1, 0.15) is 0 Å². The number of phenols is 1. The molecule has 3 aromatic rings. The fourth-order valence-electron chi connectivity index (χ4n) is 1.76. The summed E-state index contributed by atoms with van der Waals surface area (Å²) in [5.41, 5.74) is 0.762. The van der Waals surface area contributed by atoms with Crippen molar-refractivity contribution in [3.05, 3.63) is 44.9 Å². The zero-order valence-corrected chi connectivity index (χ0v) is 10.3. The van der Waals surface area contributed by atoms with Crippen LogP contribution in [0.2, 0.25) is 0 Å². The number of nitrogens with one attached hydrogen (secondary N) is 1. The summed E-state index contributed by atoms with van der Waals surface area (Å²) in [6.07, 6.45) is 0. The minimum Gasteiger partial charge on any atom is -0.508 e. The number of nitrogens with zero attached hydrogens (tertiary/aromatic N) is 2. The zero-order chi connectivity index (χ0) is 13.4. The van der Waals surface area contributed by atoms with Gasteiger partial charge in [0.15, 0.2) is 5.00 Å². The number of thiophene rings is 1. The van der Waals surface area contributed by atoms with E-state index in [1.54, 1.807) is 17.5 Å². The van der Waals surface area contributed by atoms with Gasteiger partial charge < -0.3 is 10.1 Å². The van der Waals surface area contributed by atoms with Gasteiger partial charge in [-0.15, -0.1) is 16.2 Å². The molecule has 0 saturated heterocycles. The Kier molecular flexibility index (Phi) is 2.60. The molecule has 0 amide bonds. The highest BCUT2D eigenvalue weighted by molar-refractivity contribution is 7.14. The van der Waals surface area contributed by atoms with Crippen molar-refractivity contribution < 1.29 is 5.11 Å². The summed E-state index contributed by atoms with van der Waals surface area (Å²) in [6, 6.07) is 5.94. The molecule has 0 fully saturated rings. The molecule has 0 spiro atoms. The summed E-state index contributed by atoms with van der Waals surface area (Å²) in [6.45, 7) is 0. The van der Waals surface area contributed by atoms with Gasteiger partial charge in [-0.25, -0.2) is 4.98 Å². The van der Waals surface area contributed by atoms with Gasteiger partial charge in [-0.05, 0) is 29.4 Å². The van der Waals surface area contributed by atoms with Crippen molar-refractivity contribution in [3.8, 4) is 17.1 Å². The molecule has 0 aliphatic rings. The van der Waals surface area contributed by atoms with E-state index in [2.05, 4.69) is 15.1 Å². The van der Waals surface area contributed by atoms with E-state index in [0.717, 1.165) is 0 Å². The van der Waals surface area contributed by atoms with Crippen LogP contribution < -0.4 is 5.56 Å². The Morgan fingerprint density at radius 1 is 1.32 bits per heavy atom. The van der Waals surface area contributed by atoms with E-state index in [1.165, 1.54) is 23.5 Å². The maximum absolute atomic E-state index is 11.9. The number of phenolic OH excluding ortho intramolecular Hbond substituents is 1. The van der Waals surface area contributed by atoms with Gasteiger partial charge in [-0.3, -0.25) is 4.79 Å². The van der Waals surface area contributed by atoms with Gasteiger partial charge in [0.05, 0.1) is 10.9 Å². The summed E-state index contributed by atoms with van der Waals surface area (Å²) in [5, 5.41) is 14.5. The molecule has 2 heterocycles. The number of benzene rings is 1. The molecule has 0 aliphatic carbocycles. The summed E-state index contributed by atoms with van der Waals surface area (Å²) in [5.74, 6) is 0.380. The molecule has 1 aromatic carbocycles. The molecule has 6 nitrogen and oxygen atoms in total. The van der Waals surface area contributed by atoms with Gasteiger partial charge in [0, 0.05) is 10.9 Å². The van der Waals surface area contributed by atoms with Crippen LogP contribution in [-0.4, -0.2) is 15.1 Å². The summed E-state index contributed by atoms with van der Waals surface area (Å²) in [7, 11) is 0. The second kappa shape index (κ2) is 4.29. The first kappa shape index (κ1) is 11.5. The molecular formula is C12H7N3O3S. The minimum absolute atomic E-state index is 0.00974. The number of hydrogen-bond acceptors (Lipinski definition) is 6. The quantitative estimate of drug-likeness (QED) is 0.702. The van der Waals surface area contributed by atoms with Gasteiger partial charge in [0.2, 0.25) is 0 Å². The topological polar surface area (TPSA) is 95.4 Å². The monoisotopic (exact) mass is 273 g/mol. The molecule has 0 bridgehead atoms. The van der Waals surface area contributed by atoms with Gasteiger partial charge >= 0.3 is 0 Å². The van der Waals surface area contributed by atoms with E-state index in [4.69, 9.17) is 0 Å². The van der Waals surface area contributed by atoms with Crippen LogP contribution >= 0.6 is 11.3 Å². The van der Waals surface area contributed by atoms with Crippen molar-refractivity contribution in [1.82, 2.24) is 9.97 Å². The second-order valence-corrected chi connectivity index (χ2v) is 4.77. The Morgan fingerprint density at radius 3 is 2.89 bits per heavy atom. The van der Waals surface area contributed by atoms with E-state index in [9.17, 15) is 14.8 Å². The molecular weight excluding hydrogens is 266 g/mol. The van der Waals surface area contributed by atoms with Crippen LogP contribution in [0.15, 0.2) is 39.6 Å². The Hall–Kier alpha value is -2.54. The number of aromatic hydroxyl groups is 1. The molecule has 7 heteroatoms. The van der Waals surface area contributed by atoms with Crippen LogP contribution in [0.4, 0.5) is 5.00 Å². The third-order valence-electron chi connectivity index (χ3n) is 2.64. The van der Waals surface area contributed by atoms with Gasteiger partial charge in [-0.2, -0.15) is 0 Å². The van der Waals surface area contributed by atoms with Crippen molar-refractivity contribution >= 4 is 27.2 Å². The number of rotatable bonds is 2. The fourth-order valence-corrected chi connectivity index (χ4v) is 2.43. The molecule has 19 heavy (non-hydrogen) atoms. The van der Waals surface area contributed by atoms with Crippen molar-refractivity contribution in [1.29, 1.82) is 0 Å². The number of hydrogen-bond donors (Lipinski definition) is 2. The number of aromatic amines is 1. The van der Waals surface area contributed by atoms with Crippen LogP contribution in [0, 0.1) is 4.91 Å². The third-order valence-corrected chi connectivity index (χ3v) is 3.44. The fraction of sp³-hybridized carbons (Fsp3) is 0. The van der Waals surface area contributed by atoms with Crippen LogP contribution in [-0.2, 0) is 0 Å². The molecule has 0 saturated carbocycles. The van der Waals surface area contributed by atoms with E-state index in [0.29, 0.717) is 27.3 Å². The van der Waals surface area contributed by atoms with Crippen LogP contribution in [0.5, 0.6) is 5.75 Å². The Balaban J connectivity index is 2.23. The molecule has 2 aromatic heterocycles. The van der Waals surface area contributed by atoms with E-state index >= 15 is 0 Å². The smallest absolute Gasteiger partial charge is 0.259 e. The summed E-state index contributed by atoms with van der Waals surface area (Å²) >= 11 is 1.18. The lowest BCUT2D eigenvalue weighted by Gasteiger charge is -2.01. The van der Waals surface area contributed by atoms with Crippen molar-refractivity contribution in [3.63, 3.8) is 0 Å². The Morgan fingerprint density at radius 2 is 2.16 bits per heavy atom. The van der Waals surface area contributed by atoms with E-state index in [-0.39, 0.29) is 11.3 Å². The van der Waals surface area contributed by atoms with Gasteiger partial charge in [0.25, 0.3) is 5.56 Å².